The SMILES string of the molecule is CC[C@@]1(C(=O)N(C)Cc2nc3c(s2)CCCC3)C[C@@H]2CC[C@H]1N2. The van der Waals surface area contributed by atoms with Gasteiger partial charge >= 0.3 is 0 Å². The van der Waals surface area contributed by atoms with E-state index in [1.54, 1.807) is 0 Å². The summed E-state index contributed by atoms with van der Waals surface area (Å²) in [5.41, 5.74) is 1.12. The lowest BCUT2D eigenvalue weighted by Crippen LogP contribution is -2.48. The molecule has 3 atom stereocenters. The van der Waals surface area contributed by atoms with Crippen molar-refractivity contribution >= 4 is 17.2 Å². The quantitative estimate of drug-likeness (QED) is 0.921. The van der Waals surface area contributed by atoms with Gasteiger partial charge in [-0.3, -0.25) is 4.79 Å². The van der Waals surface area contributed by atoms with Crippen LogP contribution in [-0.2, 0) is 24.2 Å². The number of thiazole rings is 1. The van der Waals surface area contributed by atoms with Crippen LogP contribution in [0.1, 0.15) is 61.0 Å². The molecule has 0 radical (unpaired) electrons. The maximum Gasteiger partial charge on any atom is 0.230 e. The fraction of sp³-hybridized carbons (Fsp3) is 0.778. The minimum Gasteiger partial charge on any atom is -0.338 e. The van der Waals surface area contributed by atoms with Gasteiger partial charge in [0.2, 0.25) is 5.91 Å². The van der Waals surface area contributed by atoms with E-state index in [-0.39, 0.29) is 5.41 Å². The second kappa shape index (κ2) is 5.85. The van der Waals surface area contributed by atoms with E-state index in [0.717, 1.165) is 30.7 Å². The molecule has 3 heterocycles. The van der Waals surface area contributed by atoms with Gasteiger partial charge in [0.05, 0.1) is 17.7 Å². The van der Waals surface area contributed by atoms with Crippen molar-refractivity contribution in [2.24, 2.45) is 5.41 Å². The Labute approximate surface area is 142 Å². The lowest BCUT2D eigenvalue weighted by molar-refractivity contribution is -0.143. The monoisotopic (exact) mass is 333 g/mol. The van der Waals surface area contributed by atoms with Crippen molar-refractivity contribution in [3.05, 3.63) is 15.6 Å². The van der Waals surface area contributed by atoms with E-state index in [0.29, 0.717) is 24.5 Å². The van der Waals surface area contributed by atoms with Crippen LogP contribution in [-0.4, -0.2) is 34.9 Å². The second-order valence-electron chi connectivity index (χ2n) is 7.55. The van der Waals surface area contributed by atoms with Crippen LogP contribution in [0.15, 0.2) is 0 Å². The molecule has 5 heteroatoms. The molecule has 1 aromatic heterocycles. The number of fused-ring (bicyclic) bond motifs is 3. The molecule has 1 amide bonds. The molecule has 0 saturated carbocycles. The molecule has 4 rings (SSSR count). The first-order valence-corrected chi connectivity index (χ1v) is 9.93. The summed E-state index contributed by atoms with van der Waals surface area (Å²) >= 11 is 1.82. The Morgan fingerprint density at radius 3 is 2.87 bits per heavy atom. The molecule has 0 unspecified atom stereocenters. The number of carbonyl (C=O) groups is 1. The van der Waals surface area contributed by atoms with Crippen LogP contribution < -0.4 is 5.32 Å². The zero-order valence-corrected chi connectivity index (χ0v) is 15.0. The number of rotatable bonds is 4. The van der Waals surface area contributed by atoms with Crippen LogP contribution in [0.2, 0.25) is 0 Å². The van der Waals surface area contributed by atoms with E-state index in [4.69, 9.17) is 4.98 Å². The highest BCUT2D eigenvalue weighted by atomic mass is 32.1. The van der Waals surface area contributed by atoms with Crippen molar-refractivity contribution in [2.75, 3.05) is 7.05 Å². The third-order valence-electron chi connectivity index (χ3n) is 6.18. The van der Waals surface area contributed by atoms with E-state index >= 15 is 0 Å². The Balaban J connectivity index is 1.49. The molecule has 2 bridgehead atoms. The highest BCUT2D eigenvalue weighted by Gasteiger charge is 2.55. The Kier molecular flexibility index (Phi) is 3.96. The van der Waals surface area contributed by atoms with Crippen LogP contribution >= 0.6 is 11.3 Å². The van der Waals surface area contributed by atoms with Gasteiger partial charge in [0.1, 0.15) is 5.01 Å². The third-order valence-corrected chi connectivity index (χ3v) is 7.33. The average molecular weight is 334 g/mol. The molecule has 2 saturated heterocycles. The van der Waals surface area contributed by atoms with Gasteiger partial charge in [0, 0.05) is 24.0 Å². The van der Waals surface area contributed by atoms with Crippen molar-refractivity contribution in [1.82, 2.24) is 15.2 Å². The zero-order chi connectivity index (χ0) is 16.0. The smallest absolute Gasteiger partial charge is 0.230 e. The van der Waals surface area contributed by atoms with Crippen LogP contribution in [0.5, 0.6) is 0 Å². The van der Waals surface area contributed by atoms with E-state index < -0.39 is 0 Å². The first-order chi connectivity index (χ1) is 11.1. The zero-order valence-electron chi connectivity index (χ0n) is 14.2. The number of nitrogens with one attached hydrogen (secondary N) is 1. The van der Waals surface area contributed by atoms with Crippen molar-refractivity contribution in [2.45, 2.75) is 76.9 Å². The standard InChI is InChI=1S/C18H27N3OS/c1-3-18(10-12-8-9-15(18)19-12)17(22)21(2)11-16-20-13-6-4-5-7-14(13)23-16/h12,15,19H,3-11H2,1-2H3/t12-,15+,18+/m0/s1. The highest BCUT2D eigenvalue weighted by Crippen LogP contribution is 2.47. The predicted octanol–water partition coefficient (Wildman–Crippen LogP) is 2.90. The summed E-state index contributed by atoms with van der Waals surface area (Å²) in [7, 11) is 1.96. The summed E-state index contributed by atoms with van der Waals surface area (Å²) in [5, 5.41) is 4.77. The van der Waals surface area contributed by atoms with Gasteiger partial charge in [-0.2, -0.15) is 0 Å². The van der Waals surface area contributed by atoms with Crippen molar-refractivity contribution in [3.63, 3.8) is 0 Å². The van der Waals surface area contributed by atoms with E-state index in [2.05, 4.69) is 12.2 Å². The van der Waals surface area contributed by atoms with Gasteiger partial charge in [-0.15, -0.1) is 11.3 Å². The van der Waals surface area contributed by atoms with Gasteiger partial charge in [-0.05, 0) is 51.4 Å². The minimum absolute atomic E-state index is 0.172. The highest BCUT2D eigenvalue weighted by molar-refractivity contribution is 7.11. The van der Waals surface area contributed by atoms with Crippen LogP contribution in [0.4, 0.5) is 0 Å². The molecular formula is C18H27N3OS. The second-order valence-corrected chi connectivity index (χ2v) is 8.72. The van der Waals surface area contributed by atoms with Crippen LogP contribution in [0.25, 0.3) is 0 Å². The number of aromatic nitrogens is 1. The lowest BCUT2D eigenvalue weighted by Gasteiger charge is -2.37. The topological polar surface area (TPSA) is 45.2 Å². The molecule has 126 valence electrons. The Hall–Kier alpha value is -0.940. The fourth-order valence-corrected chi connectivity index (χ4v) is 6.11. The summed E-state index contributed by atoms with van der Waals surface area (Å²) in [5.74, 6) is 0.327. The first-order valence-electron chi connectivity index (χ1n) is 9.11. The van der Waals surface area contributed by atoms with Crippen molar-refractivity contribution < 1.29 is 4.79 Å². The fourth-order valence-electron chi connectivity index (χ4n) is 4.90. The number of hydrogen-bond acceptors (Lipinski definition) is 4. The van der Waals surface area contributed by atoms with Crippen LogP contribution in [0.3, 0.4) is 0 Å². The van der Waals surface area contributed by atoms with Gasteiger partial charge in [-0.25, -0.2) is 4.98 Å². The molecular weight excluding hydrogens is 306 g/mol. The number of hydrogen-bond donors (Lipinski definition) is 1. The van der Waals surface area contributed by atoms with E-state index in [1.165, 1.54) is 36.3 Å². The van der Waals surface area contributed by atoms with Crippen LogP contribution in [0, 0.1) is 5.41 Å². The summed E-state index contributed by atoms with van der Waals surface area (Å²) in [6.07, 6.45) is 9.21. The largest absolute Gasteiger partial charge is 0.338 e. The Morgan fingerprint density at radius 1 is 1.39 bits per heavy atom. The summed E-state index contributed by atoms with van der Waals surface area (Å²) < 4.78 is 0. The predicted molar refractivity (Wildman–Crippen MR) is 92.5 cm³/mol. The number of carbonyl (C=O) groups excluding carboxylic acids is 1. The van der Waals surface area contributed by atoms with Gasteiger partial charge in [0.25, 0.3) is 0 Å². The number of aryl methyl sites for hydroxylation is 2. The number of amides is 1. The Bertz CT molecular complexity index is 590. The normalized spacial score (nSPS) is 32.1. The number of nitrogens with zero attached hydrogens (tertiary/aromatic N) is 2. The Morgan fingerprint density at radius 2 is 2.22 bits per heavy atom. The molecule has 23 heavy (non-hydrogen) atoms. The molecule has 1 aliphatic carbocycles. The summed E-state index contributed by atoms with van der Waals surface area (Å²) in [6.45, 7) is 2.85. The molecule has 0 spiro atoms. The molecule has 4 nitrogen and oxygen atoms in total. The van der Waals surface area contributed by atoms with Gasteiger partial charge in [0.15, 0.2) is 0 Å². The summed E-state index contributed by atoms with van der Waals surface area (Å²) in [6, 6.07) is 0.946. The maximum absolute atomic E-state index is 13.2. The van der Waals surface area contributed by atoms with E-state index in [9.17, 15) is 4.79 Å². The maximum atomic E-state index is 13.2. The van der Waals surface area contributed by atoms with Crippen molar-refractivity contribution in [1.29, 1.82) is 0 Å². The first kappa shape index (κ1) is 15.6. The minimum atomic E-state index is -0.172. The molecule has 2 fully saturated rings. The third kappa shape index (κ3) is 2.52. The lowest BCUT2D eigenvalue weighted by atomic mass is 9.71. The summed E-state index contributed by atoms with van der Waals surface area (Å²) in [4.78, 5) is 21.4. The van der Waals surface area contributed by atoms with E-state index in [1.807, 2.05) is 23.3 Å². The average Bonchev–Trinajstić information content (AvgIpc) is 3.27. The molecule has 1 N–H and O–H groups in total. The molecule has 3 aliphatic rings. The van der Waals surface area contributed by atoms with Gasteiger partial charge in [-0.1, -0.05) is 6.92 Å². The van der Waals surface area contributed by atoms with Crippen molar-refractivity contribution in [3.8, 4) is 0 Å². The molecule has 1 aromatic rings. The van der Waals surface area contributed by atoms with Gasteiger partial charge < -0.3 is 10.2 Å². The molecule has 0 aromatic carbocycles. The molecule has 2 aliphatic heterocycles.